The monoisotopic (exact) mass is 359 g/mol. The van der Waals surface area contributed by atoms with Crippen molar-refractivity contribution in [2.75, 3.05) is 19.6 Å². The van der Waals surface area contributed by atoms with E-state index in [0.29, 0.717) is 23.8 Å². The van der Waals surface area contributed by atoms with E-state index in [1.807, 2.05) is 45.9 Å². The number of nitrogens with zero attached hydrogens (tertiary/aromatic N) is 2. The Morgan fingerprint density at radius 3 is 2.65 bits per heavy atom. The van der Waals surface area contributed by atoms with Crippen LogP contribution in [0.25, 0.3) is 16.2 Å². The molecule has 0 aliphatic heterocycles. The molecule has 1 aromatic heterocycles. The molecular formula is C17H23ClKN3O. The fourth-order valence-electron chi connectivity index (χ4n) is 2.00. The van der Waals surface area contributed by atoms with E-state index in [4.69, 9.17) is 11.6 Å². The Balaban J connectivity index is 0.00000155. The van der Waals surface area contributed by atoms with E-state index >= 15 is 0 Å². The summed E-state index contributed by atoms with van der Waals surface area (Å²) in [7, 11) is 0. The van der Waals surface area contributed by atoms with Gasteiger partial charge in [-0.25, -0.2) is 4.98 Å². The maximum atomic E-state index is 12.2. The molecular weight excluding hydrogens is 337 g/mol. The summed E-state index contributed by atoms with van der Waals surface area (Å²) in [6, 6.07) is 7.38. The minimum Gasteiger partial charge on any atom is -0.661 e. The van der Waals surface area contributed by atoms with Gasteiger partial charge in [-0.15, -0.1) is 6.54 Å². The third-order valence-electron chi connectivity index (χ3n) is 2.96. The minimum atomic E-state index is -0.142. The van der Waals surface area contributed by atoms with Crippen molar-refractivity contribution in [2.45, 2.75) is 27.7 Å². The molecule has 0 saturated heterocycles. The molecule has 0 atom stereocenters. The van der Waals surface area contributed by atoms with Gasteiger partial charge in [-0.05, 0) is 31.7 Å². The molecule has 0 unspecified atom stereocenters. The molecule has 0 aliphatic rings. The number of benzene rings is 1. The van der Waals surface area contributed by atoms with Gasteiger partial charge in [0.05, 0.1) is 11.1 Å². The van der Waals surface area contributed by atoms with Crippen LogP contribution in [0.1, 0.15) is 36.7 Å². The van der Waals surface area contributed by atoms with E-state index in [2.05, 4.69) is 15.6 Å². The second kappa shape index (κ2) is 12.4. The van der Waals surface area contributed by atoms with Gasteiger partial charge in [0, 0.05) is 5.39 Å². The maximum absolute atomic E-state index is 12.2. The average Bonchev–Trinajstić information content (AvgIpc) is 2.53. The first kappa shape index (κ1) is 23.0. The molecule has 0 radical (unpaired) electrons. The molecule has 6 heteroatoms. The van der Waals surface area contributed by atoms with Crippen LogP contribution in [-0.2, 0) is 0 Å². The molecule has 4 nitrogen and oxygen atoms in total. The Morgan fingerprint density at radius 2 is 2.00 bits per heavy atom. The molecule has 0 fully saturated rings. The topological polar surface area (TPSA) is 56.1 Å². The molecule has 1 amide bonds. The van der Waals surface area contributed by atoms with Crippen LogP contribution >= 0.6 is 11.6 Å². The Bertz CT molecular complexity index is 635. The normalized spacial score (nSPS) is 9.61. The van der Waals surface area contributed by atoms with Gasteiger partial charge in [-0.3, -0.25) is 4.79 Å². The Hall–Kier alpha value is -0.0136. The van der Waals surface area contributed by atoms with Gasteiger partial charge in [-0.1, -0.05) is 44.0 Å². The number of hydrogen-bond acceptors (Lipinski definition) is 2. The largest absolute Gasteiger partial charge is 1.00 e. The zero-order valence-corrected chi connectivity index (χ0v) is 18.5. The smallest absolute Gasteiger partial charge is 0.661 e. The minimum absolute atomic E-state index is 0. The standard InChI is InChI=1S/C15H17ClN3O.C2H6.K/c1-3-17-6-7-18-15(20)12-9-14(16)19-13-5-4-10(2)8-11(12)13;1-2;/h4-5,8-9H,3,6-7H2,1-2H3,(H,18,20);1-2H3;/q-1;;+1. The van der Waals surface area contributed by atoms with Gasteiger partial charge in [0.15, 0.2) is 0 Å². The Kier molecular flexibility index (Phi) is 12.4. The van der Waals surface area contributed by atoms with Crippen LogP contribution in [0, 0.1) is 6.92 Å². The summed E-state index contributed by atoms with van der Waals surface area (Å²) < 4.78 is 0. The van der Waals surface area contributed by atoms with Gasteiger partial charge in [-0.2, -0.15) is 6.54 Å². The summed E-state index contributed by atoms with van der Waals surface area (Å²) >= 11 is 5.98. The quantitative estimate of drug-likeness (QED) is 0.497. The number of fused-ring (bicyclic) bond motifs is 1. The number of halogens is 1. The number of likely N-dealkylation sites (N-methyl/N-ethyl adjacent to an activating group) is 1. The van der Waals surface area contributed by atoms with Crippen LogP contribution in [0.5, 0.6) is 0 Å². The van der Waals surface area contributed by atoms with Crippen LogP contribution in [0.2, 0.25) is 5.15 Å². The number of carbonyl (C=O) groups is 1. The molecule has 0 bridgehead atoms. The molecule has 1 N–H and O–H groups in total. The van der Waals surface area contributed by atoms with E-state index in [0.717, 1.165) is 23.0 Å². The summed E-state index contributed by atoms with van der Waals surface area (Å²) in [6.07, 6.45) is 0. The molecule has 0 spiro atoms. The number of rotatable bonds is 5. The van der Waals surface area contributed by atoms with Crippen molar-refractivity contribution < 1.29 is 56.2 Å². The van der Waals surface area contributed by atoms with Crippen molar-refractivity contribution in [3.05, 3.63) is 45.9 Å². The molecule has 1 heterocycles. The van der Waals surface area contributed by atoms with Gasteiger partial charge < -0.3 is 10.6 Å². The number of amides is 1. The molecule has 2 aromatic rings. The second-order valence-corrected chi connectivity index (χ2v) is 4.92. The molecule has 23 heavy (non-hydrogen) atoms. The predicted octanol–water partition coefficient (Wildman–Crippen LogP) is 1.35. The van der Waals surface area contributed by atoms with Crippen molar-refractivity contribution in [2.24, 2.45) is 0 Å². The van der Waals surface area contributed by atoms with Gasteiger partial charge in [0.25, 0.3) is 5.91 Å². The van der Waals surface area contributed by atoms with Crippen molar-refractivity contribution >= 4 is 28.4 Å². The third kappa shape index (κ3) is 7.18. The zero-order valence-electron chi connectivity index (χ0n) is 14.6. The number of aromatic nitrogens is 1. The van der Waals surface area contributed by atoms with E-state index in [9.17, 15) is 4.79 Å². The van der Waals surface area contributed by atoms with Gasteiger partial charge in [0.1, 0.15) is 5.15 Å². The Morgan fingerprint density at radius 1 is 1.30 bits per heavy atom. The van der Waals surface area contributed by atoms with Crippen LogP contribution < -0.4 is 56.7 Å². The van der Waals surface area contributed by atoms with Gasteiger partial charge >= 0.3 is 51.4 Å². The van der Waals surface area contributed by atoms with Crippen LogP contribution in [0.4, 0.5) is 0 Å². The number of nitrogens with one attached hydrogen (secondary N) is 1. The molecule has 0 saturated carbocycles. The van der Waals surface area contributed by atoms with Gasteiger partial charge in [0.2, 0.25) is 0 Å². The van der Waals surface area contributed by atoms with Crippen molar-refractivity contribution in [1.82, 2.24) is 10.3 Å². The third-order valence-corrected chi connectivity index (χ3v) is 3.15. The second-order valence-electron chi connectivity index (χ2n) is 4.53. The fraction of sp³-hybridized carbons (Fsp3) is 0.412. The van der Waals surface area contributed by atoms with E-state index in [1.54, 1.807) is 6.07 Å². The maximum Gasteiger partial charge on any atom is 1.00 e. The van der Waals surface area contributed by atoms with E-state index < -0.39 is 0 Å². The summed E-state index contributed by atoms with van der Waals surface area (Å²) in [5, 5.41) is 8.17. The van der Waals surface area contributed by atoms with Crippen molar-refractivity contribution in [3.8, 4) is 0 Å². The summed E-state index contributed by atoms with van der Waals surface area (Å²) in [5.74, 6) is -0.142. The number of carbonyl (C=O) groups excluding carboxylic acids is 1. The molecule has 2 rings (SSSR count). The zero-order chi connectivity index (χ0) is 16.5. The van der Waals surface area contributed by atoms with E-state index in [-0.39, 0.29) is 57.3 Å². The van der Waals surface area contributed by atoms with Crippen LogP contribution in [0.15, 0.2) is 24.3 Å². The SMILES string of the molecule is CC.CC[N-]CCNC(=O)c1cc(Cl)nc2ccc(C)cc12.[K+]. The first-order chi connectivity index (χ1) is 10.6. The average molecular weight is 360 g/mol. The summed E-state index contributed by atoms with van der Waals surface area (Å²) in [5.41, 5.74) is 2.36. The number of aryl methyl sites for hydroxylation is 1. The fourth-order valence-corrected chi connectivity index (χ4v) is 2.20. The first-order valence-corrected chi connectivity index (χ1v) is 7.98. The molecule has 1 aromatic carbocycles. The molecule has 0 aliphatic carbocycles. The Labute approximate surface area is 186 Å². The van der Waals surface area contributed by atoms with Crippen LogP contribution in [0.3, 0.4) is 0 Å². The molecule has 120 valence electrons. The van der Waals surface area contributed by atoms with Crippen molar-refractivity contribution in [1.29, 1.82) is 0 Å². The number of hydrogen-bond donors (Lipinski definition) is 1. The first-order valence-electron chi connectivity index (χ1n) is 7.60. The number of pyridine rings is 1. The summed E-state index contributed by atoms with van der Waals surface area (Å²) in [6.45, 7) is 9.87. The predicted molar refractivity (Wildman–Crippen MR) is 93.9 cm³/mol. The van der Waals surface area contributed by atoms with Crippen molar-refractivity contribution in [3.63, 3.8) is 0 Å². The summed E-state index contributed by atoms with van der Waals surface area (Å²) in [4.78, 5) is 16.5. The van der Waals surface area contributed by atoms with Crippen LogP contribution in [-0.4, -0.2) is 30.5 Å². The van der Waals surface area contributed by atoms with E-state index in [1.165, 1.54) is 0 Å².